The van der Waals surface area contributed by atoms with Gasteiger partial charge in [-0.3, -0.25) is 13.9 Å². The number of rotatable bonds is 11. The molecule has 0 unspecified atom stereocenters. The van der Waals surface area contributed by atoms with Crippen molar-refractivity contribution in [1.82, 2.24) is 24.6 Å². The van der Waals surface area contributed by atoms with Crippen LogP contribution >= 0.6 is 19.3 Å². The number of aliphatic hydroxyl groups excluding tert-OH is 1. The van der Waals surface area contributed by atoms with E-state index in [-0.39, 0.29) is 17.8 Å². The number of nitrogen functional groups attached to an aromatic ring is 1. The van der Waals surface area contributed by atoms with E-state index in [4.69, 9.17) is 35.9 Å². The lowest BCUT2D eigenvalue weighted by molar-refractivity contribution is -0.149. The minimum Gasteiger partial charge on any atom is -0.462 e. The molecule has 0 saturated carbocycles. The summed E-state index contributed by atoms with van der Waals surface area (Å²) in [5, 5.41) is 15.4. The molecule has 1 saturated heterocycles. The zero-order valence-electron chi connectivity index (χ0n) is 21.7. The fourth-order valence-electron chi connectivity index (χ4n) is 3.87. The summed E-state index contributed by atoms with van der Waals surface area (Å²) < 4.78 is 37.7. The first-order valence-electron chi connectivity index (χ1n) is 12.1. The van der Waals surface area contributed by atoms with Gasteiger partial charge >= 0.3 is 13.7 Å². The number of hydrogen-bond donors (Lipinski definition) is 4. The maximum atomic E-state index is 13.7. The summed E-state index contributed by atoms with van der Waals surface area (Å²) in [7, 11) is -2.51. The zero-order valence-corrected chi connectivity index (χ0v) is 23.4. The molecule has 39 heavy (non-hydrogen) atoms. The van der Waals surface area contributed by atoms with Gasteiger partial charge in [-0.25, -0.2) is 9.55 Å². The van der Waals surface area contributed by atoms with Crippen molar-refractivity contribution >= 4 is 48.2 Å². The molecule has 3 heterocycles. The number of anilines is 2. The van der Waals surface area contributed by atoms with Crippen molar-refractivity contribution in [2.24, 2.45) is 0 Å². The molecule has 0 bridgehead atoms. The Hall–Kier alpha value is -3.00. The number of hydrogen-bond acceptors (Lipinski definition) is 12. The molecule has 1 aliphatic rings. The fraction of sp³-hybridized carbons (Fsp3) is 0.478. The summed E-state index contributed by atoms with van der Waals surface area (Å²) in [5.74, 6) is 0.0169. The maximum Gasteiger partial charge on any atom is 0.459 e. The summed E-state index contributed by atoms with van der Waals surface area (Å²) in [4.78, 5) is 25.0. The molecule has 1 fully saturated rings. The normalized spacial score (nSPS) is 23.5. The van der Waals surface area contributed by atoms with Crippen LogP contribution in [-0.2, 0) is 23.4 Å². The zero-order chi connectivity index (χ0) is 28.3. The molecule has 0 spiro atoms. The number of benzene rings is 1. The third kappa shape index (κ3) is 6.60. The number of nitrogens with two attached hydrogens (primary N) is 1. The number of ether oxygens (including phenoxy) is 2. The molecule has 1 aliphatic heterocycles. The van der Waals surface area contributed by atoms with Crippen LogP contribution in [0.4, 0.5) is 11.8 Å². The minimum absolute atomic E-state index is 0.00772. The highest BCUT2D eigenvalue weighted by atomic mass is 35.5. The number of para-hydroxylation sites is 1. The quantitative estimate of drug-likeness (QED) is 0.147. The second kappa shape index (κ2) is 12.0. The van der Waals surface area contributed by atoms with E-state index >= 15 is 0 Å². The van der Waals surface area contributed by atoms with E-state index in [0.29, 0.717) is 17.0 Å². The van der Waals surface area contributed by atoms with Crippen LogP contribution in [-0.4, -0.2) is 74.0 Å². The Morgan fingerprint density at radius 3 is 2.67 bits per heavy atom. The van der Waals surface area contributed by atoms with Crippen molar-refractivity contribution < 1.29 is 33.0 Å². The minimum atomic E-state index is -4.18. The molecule has 16 heteroatoms. The van der Waals surface area contributed by atoms with Crippen molar-refractivity contribution in [3.63, 3.8) is 0 Å². The number of fused-ring (bicyclic) bond motifs is 1. The molecule has 6 atom stereocenters. The average molecular weight is 584 g/mol. The number of imidazole rings is 1. The highest BCUT2D eigenvalue weighted by Gasteiger charge is 2.46. The molecule has 0 amide bonds. The number of carbonyl (C=O) groups is 1. The van der Waals surface area contributed by atoms with Crippen LogP contribution in [0.5, 0.6) is 5.75 Å². The third-order valence-corrected chi connectivity index (χ3v) is 7.80. The van der Waals surface area contributed by atoms with E-state index in [0.717, 1.165) is 0 Å². The average Bonchev–Trinajstić information content (AvgIpc) is 3.42. The molecule has 5 N–H and O–H groups in total. The number of carbonyl (C=O) groups excluding carboxylic acids is 1. The molecular formula is C23H31ClN7O7P. The lowest BCUT2D eigenvalue weighted by Crippen LogP contribution is -2.37. The second-order valence-corrected chi connectivity index (χ2v) is 11.2. The van der Waals surface area contributed by atoms with E-state index < -0.39 is 50.2 Å². The van der Waals surface area contributed by atoms with Gasteiger partial charge in [-0.1, -0.05) is 18.2 Å². The molecule has 14 nitrogen and oxygen atoms in total. The smallest absolute Gasteiger partial charge is 0.459 e. The van der Waals surface area contributed by atoms with E-state index in [2.05, 4.69) is 25.4 Å². The van der Waals surface area contributed by atoms with Crippen molar-refractivity contribution in [3.8, 4) is 5.75 Å². The lowest BCUT2D eigenvalue weighted by Gasteiger charge is -2.25. The Kier molecular flexibility index (Phi) is 8.94. The Balaban J connectivity index is 1.52. The van der Waals surface area contributed by atoms with Crippen LogP contribution in [0.3, 0.4) is 0 Å². The molecule has 0 radical (unpaired) electrons. The van der Waals surface area contributed by atoms with Gasteiger partial charge in [0.25, 0.3) is 0 Å². The number of esters is 1. The molecule has 4 rings (SSSR count). The first kappa shape index (κ1) is 29.0. The van der Waals surface area contributed by atoms with Gasteiger partial charge in [0.05, 0.1) is 19.0 Å². The number of nitrogens with zero attached hydrogens (tertiary/aromatic N) is 4. The summed E-state index contributed by atoms with van der Waals surface area (Å²) in [6.45, 7) is 4.47. The number of nitrogens with one attached hydrogen (secondary N) is 2. The summed E-state index contributed by atoms with van der Waals surface area (Å²) in [5.41, 5.74) is 6.60. The largest absolute Gasteiger partial charge is 0.462 e. The topological polar surface area (TPSA) is 185 Å². The Labute approximate surface area is 229 Å². The van der Waals surface area contributed by atoms with Gasteiger partial charge in [0.2, 0.25) is 5.95 Å². The highest BCUT2D eigenvalue weighted by molar-refractivity contribution is 7.52. The number of halogens is 1. The number of alkyl halides is 1. The van der Waals surface area contributed by atoms with Crippen molar-refractivity contribution in [2.45, 2.75) is 56.7 Å². The second-order valence-electron chi connectivity index (χ2n) is 9.04. The summed E-state index contributed by atoms with van der Waals surface area (Å²) in [6.07, 6.45) is -2.10. The van der Waals surface area contributed by atoms with Crippen molar-refractivity contribution in [3.05, 3.63) is 36.7 Å². The van der Waals surface area contributed by atoms with Crippen molar-refractivity contribution in [1.29, 1.82) is 0 Å². The molecule has 0 aliphatic carbocycles. The van der Waals surface area contributed by atoms with Crippen molar-refractivity contribution in [2.75, 3.05) is 24.7 Å². The third-order valence-electron chi connectivity index (χ3n) is 5.68. The van der Waals surface area contributed by atoms with Crippen LogP contribution in [0.15, 0.2) is 36.7 Å². The fourth-order valence-corrected chi connectivity index (χ4v) is 5.71. The molecule has 212 valence electrons. The van der Waals surface area contributed by atoms with E-state index in [9.17, 15) is 14.5 Å². The molecule has 3 aromatic rings. The predicted molar refractivity (Wildman–Crippen MR) is 143 cm³/mol. The molecule has 2 aromatic heterocycles. The van der Waals surface area contributed by atoms with E-state index in [1.165, 1.54) is 17.8 Å². The standard InChI is InChI=1S/C23H31ClN7O7P/c1-12(2)36-22(33)13(3)30-39(34,38-14-8-6-5-7-9-14)35-10-15-18(32)16(24)21(37-15)31-11-27-17-19(26-4)28-23(25)29-20(17)31/h5-9,11-13,15-16,18,21,32H,10H2,1-4H3,(H,30,34)(H3,25,26,28,29)/t13-,15+,16-,18+,21+,39+/m0/s1. The lowest BCUT2D eigenvalue weighted by atomic mass is 10.2. The van der Waals surface area contributed by atoms with Crippen LogP contribution in [0.1, 0.15) is 27.0 Å². The molecule has 1 aromatic carbocycles. The van der Waals surface area contributed by atoms with Gasteiger partial charge < -0.3 is 30.2 Å². The maximum absolute atomic E-state index is 13.7. The van der Waals surface area contributed by atoms with Gasteiger partial charge in [-0.2, -0.15) is 15.1 Å². The van der Waals surface area contributed by atoms with Crippen LogP contribution in [0.25, 0.3) is 11.2 Å². The predicted octanol–water partition coefficient (Wildman–Crippen LogP) is 2.45. The van der Waals surface area contributed by atoms with Crippen LogP contribution in [0, 0.1) is 0 Å². The number of aliphatic hydroxyl groups is 1. The SMILES string of the molecule is CNc1nc(N)nc2c1ncn2[C@@H]1O[C@H](CO[P@](=O)(N[C@@H](C)C(=O)OC(C)C)Oc2ccccc2)[C@@H](O)[C@@H]1Cl. The van der Waals surface area contributed by atoms with Gasteiger partial charge in [0.1, 0.15) is 29.4 Å². The summed E-state index contributed by atoms with van der Waals surface area (Å²) in [6, 6.07) is 7.27. The van der Waals surface area contributed by atoms with Crippen LogP contribution < -0.4 is 20.7 Å². The van der Waals surface area contributed by atoms with E-state index in [1.807, 2.05) is 0 Å². The van der Waals surface area contributed by atoms with Gasteiger partial charge in [0, 0.05) is 7.05 Å². The van der Waals surface area contributed by atoms with Gasteiger partial charge in [0.15, 0.2) is 23.2 Å². The van der Waals surface area contributed by atoms with E-state index in [1.54, 1.807) is 51.2 Å². The van der Waals surface area contributed by atoms with Gasteiger partial charge in [-0.05, 0) is 32.9 Å². The first-order chi connectivity index (χ1) is 18.5. The first-order valence-corrected chi connectivity index (χ1v) is 14.1. The Morgan fingerprint density at radius 2 is 2.00 bits per heavy atom. The number of aromatic nitrogens is 4. The summed E-state index contributed by atoms with van der Waals surface area (Å²) >= 11 is 6.54. The van der Waals surface area contributed by atoms with Crippen LogP contribution in [0.2, 0.25) is 0 Å². The Morgan fingerprint density at radius 1 is 1.28 bits per heavy atom. The van der Waals surface area contributed by atoms with Gasteiger partial charge in [-0.15, -0.1) is 11.6 Å². The monoisotopic (exact) mass is 583 g/mol. The highest BCUT2D eigenvalue weighted by Crippen LogP contribution is 2.46. The molecular weight excluding hydrogens is 553 g/mol. The Bertz CT molecular complexity index is 1350.